The largest absolute Gasteiger partial charge is 0.324 e. The van der Waals surface area contributed by atoms with E-state index in [1.54, 1.807) is 16.7 Å². The molecule has 0 saturated carbocycles. The molecule has 4 nitrogen and oxygen atoms in total. The molecule has 2 heterocycles. The third-order valence-corrected chi connectivity index (χ3v) is 6.24. The Hall–Kier alpha value is -1.49. The Morgan fingerprint density at radius 1 is 1.50 bits per heavy atom. The van der Waals surface area contributed by atoms with Crippen LogP contribution in [0, 0.1) is 6.92 Å². The highest BCUT2D eigenvalue weighted by Gasteiger charge is 2.52. The summed E-state index contributed by atoms with van der Waals surface area (Å²) in [6.07, 6.45) is 2.26. The van der Waals surface area contributed by atoms with E-state index < -0.39 is 0 Å². The molecule has 3 rings (SSSR count). The molecule has 2 saturated heterocycles. The molecule has 1 N–H and O–H groups in total. The zero-order chi connectivity index (χ0) is 15.9. The minimum atomic E-state index is -0.352. The summed E-state index contributed by atoms with van der Waals surface area (Å²) in [5, 5.41) is 3.08. The normalized spacial score (nSPS) is 27.1. The van der Waals surface area contributed by atoms with Crippen molar-refractivity contribution in [2.75, 3.05) is 11.1 Å². The van der Waals surface area contributed by atoms with Gasteiger partial charge in [-0.25, -0.2) is 0 Å². The molecule has 1 aromatic carbocycles. The van der Waals surface area contributed by atoms with E-state index >= 15 is 0 Å². The fraction of sp³-hybridized carbons (Fsp3) is 0.529. The van der Waals surface area contributed by atoms with Crippen LogP contribution in [0.15, 0.2) is 18.2 Å². The first-order valence-corrected chi connectivity index (χ1v) is 8.80. The lowest BCUT2D eigenvalue weighted by molar-refractivity contribution is -0.135. The smallest absolute Gasteiger partial charge is 0.248 e. The first-order chi connectivity index (χ1) is 10.5. The Balaban J connectivity index is 1.83. The Morgan fingerprint density at radius 2 is 2.27 bits per heavy atom. The molecular formula is C17H22N2O2S. The van der Waals surface area contributed by atoms with Crippen molar-refractivity contribution in [1.29, 1.82) is 0 Å². The number of nitrogens with one attached hydrogen (secondary N) is 1. The van der Waals surface area contributed by atoms with Crippen molar-refractivity contribution in [3.05, 3.63) is 29.3 Å². The van der Waals surface area contributed by atoms with Gasteiger partial charge >= 0.3 is 0 Å². The highest BCUT2D eigenvalue weighted by atomic mass is 32.2. The Bertz CT molecular complexity index is 631. The number of hydrogen-bond donors (Lipinski definition) is 1. The third kappa shape index (κ3) is 2.41. The zero-order valence-electron chi connectivity index (χ0n) is 13.3. The van der Waals surface area contributed by atoms with E-state index in [2.05, 4.69) is 19.2 Å². The summed E-state index contributed by atoms with van der Waals surface area (Å²) < 4.78 is 0. The summed E-state index contributed by atoms with van der Waals surface area (Å²) in [6, 6.07) is 5.70. The van der Waals surface area contributed by atoms with Crippen LogP contribution in [0.2, 0.25) is 0 Å². The summed E-state index contributed by atoms with van der Waals surface area (Å²) in [5.41, 5.74) is 3.10. The molecular weight excluding hydrogens is 296 g/mol. The second-order valence-electron chi connectivity index (χ2n) is 6.22. The van der Waals surface area contributed by atoms with Crippen LogP contribution in [0.3, 0.4) is 0 Å². The van der Waals surface area contributed by atoms with Crippen molar-refractivity contribution < 1.29 is 9.59 Å². The molecule has 2 atom stereocenters. The number of benzene rings is 1. The van der Waals surface area contributed by atoms with Crippen LogP contribution in [0.5, 0.6) is 0 Å². The number of aryl methyl sites for hydroxylation is 2. The number of thioether (sulfide) groups is 1. The minimum Gasteiger partial charge on any atom is -0.324 e. The topological polar surface area (TPSA) is 49.4 Å². The first kappa shape index (κ1) is 15.4. The number of carbonyl (C=O) groups is 2. The van der Waals surface area contributed by atoms with Crippen molar-refractivity contribution >= 4 is 29.3 Å². The highest BCUT2D eigenvalue weighted by molar-refractivity contribution is 8.01. The molecule has 2 fully saturated rings. The van der Waals surface area contributed by atoms with Gasteiger partial charge in [-0.1, -0.05) is 25.1 Å². The summed E-state index contributed by atoms with van der Waals surface area (Å²) in [4.78, 5) is 26.5. The van der Waals surface area contributed by atoms with Gasteiger partial charge in [0.25, 0.3) is 0 Å². The molecule has 5 heteroatoms. The zero-order valence-corrected chi connectivity index (χ0v) is 14.1. The van der Waals surface area contributed by atoms with Gasteiger partial charge in [-0.3, -0.25) is 9.59 Å². The lowest BCUT2D eigenvalue weighted by Gasteiger charge is -2.30. The van der Waals surface area contributed by atoms with E-state index in [1.165, 1.54) is 0 Å². The van der Waals surface area contributed by atoms with Gasteiger partial charge in [0.15, 0.2) is 0 Å². The predicted octanol–water partition coefficient (Wildman–Crippen LogP) is 2.95. The number of carbonyl (C=O) groups excluding carboxylic acids is 2. The molecule has 0 aromatic heterocycles. The van der Waals surface area contributed by atoms with Crippen LogP contribution in [0.25, 0.3) is 0 Å². The van der Waals surface area contributed by atoms with Crippen molar-refractivity contribution in [3.63, 3.8) is 0 Å². The van der Waals surface area contributed by atoms with E-state index in [0.29, 0.717) is 12.2 Å². The third-order valence-electron chi connectivity index (χ3n) is 4.74. The van der Waals surface area contributed by atoms with Gasteiger partial charge in [0, 0.05) is 17.9 Å². The van der Waals surface area contributed by atoms with Crippen LogP contribution in [-0.4, -0.2) is 33.4 Å². The van der Waals surface area contributed by atoms with Gasteiger partial charge in [0.2, 0.25) is 11.8 Å². The number of anilines is 1. The lowest BCUT2D eigenvalue weighted by atomic mass is 10.1. The average molecular weight is 318 g/mol. The quantitative estimate of drug-likeness (QED) is 0.932. The lowest BCUT2D eigenvalue weighted by Crippen LogP contribution is -2.48. The molecule has 0 unspecified atom stereocenters. The van der Waals surface area contributed by atoms with Gasteiger partial charge in [0.05, 0.1) is 4.87 Å². The van der Waals surface area contributed by atoms with Gasteiger partial charge < -0.3 is 10.2 Å². The van der Waals surface area contributed by atoms with E-state index in [0.717, 1.165) is 29.7 Å². The van der Waals surface area contributed by atoms with Crippen LogP contribution < -0.4 is 5.32 Å². The second-order valence-corrected chi connectivity index (χ2v) is 7.72. The molecule has 0 aliphatic carbocycles. The van der Waals surface area contributed by atoms with Crippen molar-refractivity contribution in [2.45, 2.75) is 50.9 Å². The number of hydrogen-bond acceptors (Lipinski definition) is 3. The molecule has 2 aliphatic rings. The maximum absolute atomic E-state index is 12.7. The number of para-hydroxylation sites is 1. The Labute approximate surface area is 135 Å². The average Bonchev–Trinajstić information content (AvgIpc) is 2.98. The second kappa shape index (κ2) is 5.61. The highest BCUT2D eigenvalue weighted by Crippen LogP contribution is 2.47. The number of amides is 2. The van der Waals surface area contributed by atoms with Gasteiger partial charge in [0.1, 0.15) is 6.04 Å². The molecule has 1 aromatic rings. The fourth-order valence-corrected chi connectivity index (χ4v) is 4.86. The fourth-order valence-electron chi connectivity index (χ4n) is 3.42. The summed E-state index contributed by atoms with van der Waals surface area (Å²) in [6.45, 7) is 6.15. The molecule has 0 radical (unpaired) electrons. The number of nitrogens with zero attached hydrogens (tertiary/aromatic N) is 1. The van der Waals surface area contributed by atoms with Crippen LogP contribution in [0.1, 0.15) is 37.8 Å². The van der Waals surface area contributed by atoms with Crippen LogP contribution in [-0.2, 0) is 16.0 Å². The van der Waals surface area contributed by atoms with Crippen LogP contribution in [0.4, 0.5) is 5.69 Å². The Kier molecular flexibility index (Phi) is 3.93. The molecule has 0 bridgehead atoms. The molecule has 118 valence electrons. The van der Waals surface area contributed by atoms with E-state index in [-0.39, 0.29) is 22.7 Å². The predicted molar refractivity (Wildman–Crippen MR) is 89.9 cm³/mol. The monoisotopic (exact) mass is 318 g/mol. The molecule has 2 amide bonds. The summed E-state index contributed by atoms with van der Waals surface area (Å²) in [5.74, 6) is 0.727. The van der Waals surface area contributed by atoms with Gasteiger partial charge in [-0.15, -0.1) is 11.8 Å². The van der Waals surface area contributed by atoms with Crippen molar-refractivity contribution in [2.24, 2.45) is 0 Å². The van der Waals surface area contributed by atoms with Crippen molar-refractivity contribution in [1.82, 2.24) is 4.90 Å². The maximum atomic E-state index is 12.7. The summed E-state index contributed by atoms with van der Waals surface area (Å²) in [7, 11) is 0. The molecule has 22 heavy (non-hydrogen) atoms. The number of rotatable bonds is 3. The van der Waals surface area contributed by atoms with Gasteiger partial charge in [-0.2, -0.15) is 0 Å². The standard InChI is InChI=1S/C17H22N2O2S/c1-4-12-7-5-6-11(2)15(12)18-16(21)13-10-22-17(3)9-8-14(20)19(13)17/h5-7,13H,4,8-10H2,1-3H3,(H,18,21)/t13-,17+/m0/s1. The van der Waals surface area contributed by atoms with E-state index in [4.69, 9.17) is 0 Å². The maximum Gasteiger partial charge on any atom is 0.248 e. The van der Waals surface area contributed by atoms with Crippen LogP contribution >= 0.6 is 11.8 Å². The first-order valence-electron chi connectivity index (χ1n) is 7.82. The Morgan fingerprint density at radius 3 is 3.00 bits per heavy atom. The van der Waals surface area contributed by atoms with Gasteiger partial charge in [-0.05, 0) is 37.8 Å². The minimum absolute atomic E-state index is 0.0597. The SMILES string of the molecule is CCc1cccc(C)c1NC(=O)[C@@H]1CS[C@]2(C)CCC(=O)N12. The van der Waals surface area contributed by atoms with E-state index in [9.17, 15) is 9.59 Å². The van der Waals surface area contributed by atoms with Crippen molar-refractivity contribution in [3.8, 4) is 0 Å². The summed E-state index contributed by atoms with van der Waals surface area (Å²) >= 11 is 1.72. The number of fused-ring (bicyclic) bond motifs is 1. The van der Waals surface area contributed by atoms with E-state index in [1.807, 2.05) is 25.1 Å². The molecule has 2 aliphatic heterocycles. The molecule has 0 spiro atoms.